The summed E-state index contributed by atoms with van der Waals surface area (Å²) < 4.78 is 64.3. The zero-order valence-electron chi connectivity index (χ0n) is 65.7. The first-order valence-electron chi connectivity index (χ1n) is 39.1. The molecule has 4 aliphatic carbocycles. The summed E-state index contributed by atoms with van der Waals surface area (Å²) in [6, 6.07) is -10.4. The van der Waals surface area contributed by atoms with Crippen molar-refractivity contribution < 1.29 is 79.8 Å². The minimum absolute atomic E-state index is 0.0101. The number of ether oxygens (including phenoxy) is 1. The number of hydrogen-bond acceptors (Lipinski definition) is 13. The molecule has 2 bridgehead atoms. The molecule has 0 aromatic rings. The van der Waals surface area contributed by atoms with E-state index in [-0.39, 0.29) is 115 Å². The summed E-state index contributed by atoms with van der Waals surface area (Å²) in [4.78, 5) is 193. The molecule has 4 saturated carbocycles. The second kappa shape index (κ2) is 37.4. The Morgan fingerprint density at radius 3 is 1.90 bits per heavy atom. The van der Waals surface area contributed by atoms with Crippen LogP contribution in [-0.2, 0) is 62.3 Å². The second-order valence-electron chi connectivity index (χ2n) is 32.9. The zero-order valence-corrected chi connectivity index (χ0v) is 65.7. The van der Waals surface area contributed by atoms with Crippen LogP contribution in [-0.4, -0.2) is 276 Å². The first-order valence-corrected chi connectivity index (χ1v) is 39.1. The number of likely N-dealkylation sites (N-methyl/N-ethyl adjacent to an activating group) is 7. The van der Waals surface area contributed by atoms with E-state index in [0.717, 1.165) is 22.6 Å². The van der Waals surface area contributed by atoms with Crippen LogP contribution in [0.4, 0.5) is 17.6 Å². The molecule has 12 amide bonds. The van der Waals surface area contributed by atoms with Crippen molar-refractivity contribution in [3.05, 3.63) is 12.2 Å². The van der Waals surface area contributed by atoms with E-state index in [1.54, 1.807) is 32.9 Å². The number of halogens is 4. The largest absolute Gasteiger partial charge is 0.391 e. The average Bonchev–Trinajstić information content (AvgIpc) is 0.920. The van der Waals surface area contributed by atoms with Crippen LogP contribution in [0, 0.1) is 40.9 Å². The third-order valence-corrected chi connectivity index (χ3v) is 24.4. The first-order chi connectivity index (χ1) is 49.8. The molecule has 29 heteroatoms. The van der Waals surface area contributed by atoms with Gasteiger partial charge in [0.25, 0.3) is 0 Å². The average molecular weight is 1500 g/mol. The van der Waals surface area contributed by atoms with Crippen LogP contribution in [0.1, 0.15) is 203 Å². The maximum atomic E-state index is 15.8. The number of hydrogen-bond donors (Lipinski definition) is 3. The van der Waals surface area contributed by atoms with Gasteiger partial charge in [0.2, 0.25) is 70.9 Å². The number of carbonyl (C=O) groups excluding carboxylic acids is 12. The molecule has 3 aliphatic heterocycles. The van der Waals surface area contributed by atoms with Gasteiger partial charge in [0.15, 0.2) is 0 Å². The smallest absolute Gasteiger partial charge is 0.377 e. The molecule has 106 heavy (non-hydrogen) atoms. The van der Waals surface area contributed by atoms with Gasteiger partial charge in [-0.15, -0.1) is 0 Å². The van der Waals surface area contributed by atoms with Crippen molar-refractivity contribution in [3.8, 4) is 0 Å². The molecular weight excluding hydrogens is 1380 g/mol. The molecular formula is C77H124F4N12O13. The second-order valence-corrected chi connectivity index (χ2v) is 32.9. The van der Waals surface area contributed by atoms with Crippen molar-refractivity contribution in [2.75, 3.05) is 89.2 Å². The molecule has 0 aromatic heterocycles. The Balaban J connectivity index is 1.33. The quantitative estimate of drug-likeness (QED) is 0.122. The van der Waals surface area contributed by atoms with Crippen LogP contribution >= 0.6 is 0 Å². The van der Waals surface area contributed by atoms with Gasteiger partial charge in [0.1, 0.15) is 60.0 Å². The number of amides is 12. The van der Waals surface area contributed by atoms with Gasteiger partial charge in [-0.25, -0.2) is 4.39 Å². The van der Waals surface area contributed by atoms with Gasteiger partial charge < -0.3 is 64.8 Å². The fraction of sp³-hybridized carbons (Fsp3) is 0.818. The Hall–Kier alpha value is -6.94. The van der Waals surface area contributed by atoms with E-state index >= 15 is 33.2 Å². The molecule has 0 radical (unpaired) electrons. The van der Waals surface area contributed by atoms with E-state index in [4.69, 9.17) is 4.74 Å². The van der Waals surface area contributed by atoms with Crippen LogP contribution in [0.25, 0.3) is 0 Å². The Bertz CT molecular complexity index is 3150. The van der Waals surface area contributed by atoms with Gasteiger partial charge in [-0.05, 0) is 151 Å². The Kier molecular flexibility index (Phi) is 30.5. The number of carbonyl (C=O) groups is 12. The van der Waals surface area contributed by atoms with E-state index in [2.05, 4.69) is 16.0 Å². The van der Waals surface area contributed by atoms with Crippen LogP contribution in [0.5, 0.6) is 0 Å². The minimum atomic E-state index is -4.45. The summed E-state index contributed by atoms with van der Waals surface area (Å²) >= 11 is 0. The predicted molar refractivity (Wildman–Crippen MR) is 390 cm³/mol. The Morgan fingerprint density at radius 2 is 1.31 bits per heavy atom. The minimum Gasteiger partial charge on any atom is -0.377 e. The van der Waals surface area contributed by atoms with Crippen LogP contribution in [0.15, 0.2) is 12.2 Å². The van der Waals surface area contributed by atoms with Gasteiger partial charge >= 0.3 is 6.18 Å². The lowest BCUT2D eigenvalue weighted by atomic mass is 9.58. The van der Waals surface area contributed by atoms with E-state index in [9.17, 15) is 41.9 Å². The molecule has 7 aliphatic rings. The highest BCUT2D eigenvalue weighted by Crippen LogP contribution is 2.50. The number of rotatable bonds is 14. The fourth-order valence-corrected chi connectivity index (χ4v) is 17.9. The van der Waals surface area contributed by atoms with Crippen LogP contribution in [0.2, 0.25) is 0 Å². The topological polar surface area (TPSA) is 279 Å². The van der Waals surface area contributed by atoms with E-state index in [1.165, 1.54) is 90.7 Å². The first kappa shape index (κ1) is 86.3. The van der Waals surface area contributed by atoms with E-state index in [1.807, 2.05) is 27.7 Å². The predicted octanol–water partition coefficient (Wildman–Crippen LogP) is 6.64. The maximum Gasteiger partial charge on any atom is 0.391 e. The molecule has 1 spiro atoms. The lowest BCUT2D eigenvalue weighted by Gasteiger charge is -2.54. The molecule has 2 saturated heterocycles. The van der Waals surface area contributed by atoms with E-state index < -0.39 is 192 Å². The fourth-order valence-electron chi connectivity index (χ4n) is 17.9. The monoisotopic (exact) mass is 1500 g/mol. The van der Waals surface area contributed by atoms with Gasteiger partial charge in [-0.2, -0.15) is 13.2 Å². The van der Waals surface area contributed by atoms with Crippen molar-refractivity contribution in [2.45, 2.75) is 275 Å². The van der Waals surface area contributed by atoms with E-state index in [0.29, 0.717) is 51.4 Å². The molecule has 7 rings (SSSR count). The highest BCUT2D eigenvalue weighted by atomic mass is 19.4. The van der Waals surface area contributed by atoms with Crippen molar-refractivity contribution in [1.82, 2.24) is 60.0 Å². The molecule has 3 heterocycles. The Morgan fingerprint density at radius 1 is 0.670 bits per heavy atom. The molecule has 25 nitrogen and oxygen atoms in total. The normalized spacial score (nSPS) is 31.9. The third kappa shape index (κ3) is 20.9. The summed E-state index contributed by atoms with van der Waals surface area (Å²) in [5.41, 5.74) is -2.15. The molecule has 3 N–H and O–H groups in total. The van der Waals surface area contributed by atoms with Crippen molar-refractivity contribution in [1.29, 1.82) is 0 Å². The lowest BCUT2D eigenvalue weighted by molar-refractivity contribution is -0.184. The molecule has 13 atom stereocenters. The highest BCUT2D eigenvalue weighted by molar-refractivity contribution is 6.01. The van der Waals surface area contributed by atoms with Gasteiger partial charge in [-0.3, -0.25) is 57.5 Å². The molecule has 6 fully saturated rings. The summed E-state index contributed by atoms with van der Waals surface area (Å²) in [5, 5.41) is 8.86. The summed E-state index contributed by atoms with van der Waals surface area (Å²) in [7, 11) is 11.4. The molecule has 0 aromatic carbocycles. The Labute approximate surface area is 625 Å². The van der Waals surface area contributed by atoms with Gasteiger partial charge in [0.05, 0.1) is 31.5 Å². The van der Waals surface area contributed by atoms with Crippen molar-refractivity contribution in [3.63, 3.8) is 0 Å². The SMILES string of the molecule is CCC[C@H]1C(=O)N[C@@H]([C@@H](C)CC)C(=O)N(C)CC(=O)N(C)[C@H]2C/C=C\CCN(C2=O)[C@@H](CC2CCC(C(F)(F)F)CC2)C(=O)N(C)CC(=O)N[C@@H](CCC2CCC(CC)C(F)C2)C(=O)N2C[C@H](OCC)C[C@H]2C(=O)NC2(CC(C)(C)C2)C(=O)N(C)[C@@H](C2CCCC2)C(=O)N(C)[C@H](C(=O)N(C)C)CC(=O)N1C. The van der Waals surface area contributed by atoms with Gasteiger partial charge in [0, 0.05) is 82.5 Å². The number of nitrogens with zero attached hydrogens (tertiary/aromatic N) is 9. The summed E-state index contributed by atoms with van der Waals surface area (Å²) in [6.07, 6.45) is 2.53. The standard InChI is InChI=1S/C77H124F4N12O13/c1-16-25-56-66(97)83-64(47(5)17-2)72(103)87(11)44-63(96)89(13)57-28-21-20-24-37-92(71(57)102)60(39-49-30-34-52(35-31-49)77(79,80)81)70(101)86(10)43-61(94)82-55(36-32-48-29-33-50(18-3)54(78)38-48)68(99)93-42-53(106-19-4)40-58(93)67(98)84-76(45-75(6,7)46-76)74(105)91(15)65(51-26-22-23-27-51)73(104)90(14)59(69(100)85(8)9)41-62(95)88(56)12/h20-21,47-60,64-65H,16-19,22-46H2,1-15H3,(H,82,94)(H,83,97)(H,84,98)/b21-20-/t47-,48?,49?,50?,52?,53+,54?,55-,56-,57-,58-,59-,60-,64-,65-/m0/s1. The zero-order chi connectivity index (χ0) is 78.6. The molecule has 598 valence electrons. The lowest BCUT2D eigenvalue weighted by Crippen LogP contribution is -2.71. The number of alkyl halides is 4. The maximum absolute atomic E-state index is 15.8. The van der Waals surface area contributed by atoms with Crippen LogP contribution < -0.4 is 16.0 Å². The molecule has 3 unspecified atom stereocenters. The van der Waals surface area contributed by atoms with Crippen molar-refractivity contribution >= 4 is 70.9 Å². The number of nitrogens with one attached hydrogen (secondary N) is 3. The number of fused-ring (bicyclic) bond motifs is 3. The summed E-state index contributed by atoms with van der Waals surface area (Å²) in [5.74, 6) is -11.5. The van der Waals surface area contributed by atoms with Crippen LogP contribution in [0.3, 0.4) is 0 Å². The summed E-state index contributed by atoms with van der Waals surface area (Å²) in [6.45, 7) is 11.7. The van der Waals surface area contributed by atoms with Gasteiger partial charge in [-0.1, -0.05) is 85.8 Å². The third-order valence-electron chi connectivity index (χ3n) is 24.4. The van der Waals surface area contributed by atoms with Crippen molar-refractivity contribution in [2.24, 2.45) is 40.9 Å². The highest BCUT2D eigenvalue weighted by Gasteiger charge is 2.59.